The Morgan fingerprint density at radius 1 is 1.20 bits per heavy atom. The average Bonchev–Trinajstić information content (AvgIpc) is 3.02. The van der Waals surface area contributed by atoms with Gasteiger partial charge in [-0.15, -0.1) is 0 Å². The van der Waals surface area contributed by atoms with Gasteiger partial charge >= 0.3 is 0 Å². The van der Waals surface area contributed by atoms with Crippen molar-refractivity contribution in [3.8, 4) is 0 Å². The van der Waals surface area contributed by atoms with Gasteiger partial charge in [-0.25, -0.2) is 4.98 Å². The normalized spacial score (nSPS) is 25.4. The van der Waals surface area contributed by atoms with E-state index in [9.17, 15) is 20.1 Å². The molecular formula is C18H23N3O4. The van der Waals surface area contributed by atoms with E-state index in [1.54, 1.807) is 10.8 Å². The maximum Gasteiger partial charge on any atom is 0.217 e. The topological polar surface area (TPSA) is 108 Å². The molecule has 0 fully saturated rings. The number of hydrogen-bond donors (Lipinski definition) is 4. The van der Waals surface area contributed by atoms with E-state index in [4.69, 9.17) is 0 Å². The summed E-state index contributed by atoms with van der Waals surface area (Å²) in [5.74, 6) is 0.134. The van der Waals surface area contributed by atoms with Crippen LogP contribution in [-0.2, 0) is 17.6 Å². The fourth-order valence-corrected chi connectivity index (χ4v) is 3.30. The third kappa shape index (κ3) is 3.58. The summed E-state index contributed by atoms with van der Waals surface area (Å²) in [5.41, 5.74) is 1.97. The highest BCUT2D eigenvalue weighted by Gasteiger charge is 2.42. The van der Waals surface area contributed by atoms with E-state index in [1.807, 2.05) is 30.3 Å². The highest BCUT2D eigenvalue weighted by molar-refractivity contribution is 5.73. The first-order valence-corrected chi connectivity index (χ1v) is 8.37. The third-order valence-corrected chi connectivity index (χ3v) is 4.59. The standard InChI is InChI=1S/C18H23N3O4/c1-11(23)19-15-17(25)16(24)14(10-22)21-9-13(20-18(15)21)8-7-12-5-3-2-4-6-12/h2-6,9,14-17,22,24-25H,7-8,10H2,1H3,(H,19,23)/t14?,15-,16+,17?/m0/s1. The molecule has 2 aromatic rings. The largest absolute Gasteiger partial charge is 0.394 e. The first kappa shape index (κ1) is 17.6. The van der Waals surface area contributed by atoms with Gasteiger partial charge in [0, 0.05) is 13.1 Å². The van der Waals surface area contributed by atoms with Crippen LogP contribution in [-0.4, -0.2) is 49.6 Å². The van der Waals surface area contributed by atoms with Crippen LogP contribution in [0.4, 0.5) is 0 Å². The Kier molecular flexibility index (Phi) is 5.17. The highest BCUT2D eigenvalue weighted by Crippen LogP contribution is 2.32. The molecule has 7 heteroatoms. The summed E-state index contributed by atoms with van der Waals surface area (Å²) in [6.45, 7) is 1.02. The smallest absolute Gasteiger partial charge is 0.217 e. The minimum atomic E-state index is -1.22. The highest BCUT2D eigenvalue weighted by atomic mass is 16.3. The molecule has 25 heavy (non-hydrogen) atoms. The number of carbonyl (C=O) groups excluding carboxylic acids is 1. The molecule has 0 radical (unpaired) electrons. The zero-order chi connectivity index (χ0) is 18.0. The number of rotatable bonds is 5. The first-order valence-electron chi connectivity index (χ1n) is 8.37. The molecule has 0 saturated carbocycles. The lowest BCUT2D eigenvalue weighted by Gasteiger charge is -2.37. The molecule has 0 saturated heterocycles. The summed E-state index contributed by atoms with van der Waals surface area (Å²) in [6.07, 6.45) is 0.852. The van der Waals surface area contributed by atoms with Crippen LogP contribution in [0.5, 0.6) is 0 Å². The van der Waals surface area contributed by atoms with Crippen LogP contribution in [0.1, 0.15) is 36.1 Å². The van der Waals surface area contributed by atoms with Crippen molar-refractivity contribution in [2.24, 2.45) is 0 Å². The Bertz CT molecular complexity index is 731. The molecule has 0 bridgehead atoms. The van der Waals surface area contributed by atoms with Gasteiger partial charge in [0.05, 0.1) is 18.3 Å². The number of aryl methyl sites for hydroxylation is 2. The summed E-state index contributed by atoms with van der Waals surface area (Å²) >= 11 is 0. The zero-order valence-corrected chi connectivity index (χ0v) is 14.0. The van der Waals surface area contributed by atoms with Crippen molar-refractivity contribution in [3.63, 3.8) is 0 Å². The number of imidazole rings is 1. The summed E-state index contributed by atoms with van der Waals surface area (Å²) in [6, 6.07) is 8.52. The molecule has 0 spiro atoms. The van der Waals surface area contributed by atoms with Crippen molar-refractivity contribution in [2.75, 3.05) is 6.61 Å². The van der Waals surface area contributed by atoms with Crippen molar-refractivity contribution in [1.29, 1.82) is 0 Å². The molecule has 0 aliphatic carbocycles. The Hall–Kier alpha value is -2.22. The molecular weight excluding hydrogens is 322 g/mol. The van der Waals surface area contributed by atoms with Gasteiger partial charge in [0.25, 0.3) is 0 Å². The summed E-state index contributed by atoms with van der Waals surface area (Å²) in [7, 11) is 0. The maximum absolute atomic E-state index is 11.5. The predicted octanol–water partition coefficient (Wildman–Crippen LogP) is 0.114. The molecule has 1 aromatic carbocycles. The lowest BCUT2D eigenvalue weighted by atomic mass is 9.94. The van der Waals surface area contributed by atoms with Crippen LogP contribution < -0.4 is 5.32 Å². The molecule has 4 N–H and O–H groups in total. The number of benzene rings is 1. The van der Waals surface area contributed by atoms with Crippen LogP contribution in [0.15, 0.2) is 36.5 Å². The lowest BCUT2D eigenvalue weighted by molar-refractivity contribution is -0.123. The van der Waals surface area contributed by atoms with Gasteiger partial charge in [-0.1, -0.05) is 30.3 Å². The third-order valence-electron chi connectivity index (χ3n) is 4.59. The minimum absolute atomic E-state index is 0.320. The number of nitrogens with zero attached hydrogens (tertiary/aromatic N) is 2. The second kappa shape index (κ2) is 7.35. The second-order valence-corrected chi connectivity index (χ2v) is 6.39. The quantitative estimate of drug-likeness (QED) is 0.615. The number of fused-ring (bicyclic) bond motifs is 1. The number of aromatic nitrogens is 2. The van der Waals surface area contributed by atoms with Gasteiger partial charge in [-0.05, 0) is 18.4 Å². The monoisotopic (exact) mass is 345 g/mol. The first-order chi connectivity index (χ1) is 12.0. The molecule has 1 aliphatic heterocycles. The number of hydrogen-bond acceptors (Lipinski definition) is 5. The molecule has 1 amide bonds. The van der Waals surface area contributed by atoms with E-state index in [0.717, 1.165) is 12.1 Å². The van der Waals surface area contributed by atoms with Crippen LogP contribution in [0.2, 0.25) is 0 Å². The fraction of sp³-hybridized carbons (Fsp3) is 0.444. The van der Waals surface area contributed by atoms with Gasteiger partial charge in [0.1, 0.15) is 24.1 Å². The summed E-state index contributed by atoms with van der Waals surface area (Å²) in [4.78, 5) is 16.0. The summed E-state index contributed by atoms with van der Waals surface area (Å²) in [5, 5.41) is 32.8. The number of carbonyl (C=O) groups is 1. The Morgan fingerprint density at radius 2 is 1.92 bits per heavy atom. The lowest BCUT2D eigenvalue weighted by Crippen LogP contribution is -2.51. The summed E-state index contributed by atoms with van der Waals surface area (Å²) < 4.78 is 1.66. The zero-order valence-electron chi connectivity index (χ0n) is 14.0. The van der Waals surface area contributed by atoms with Crippen molar-refractivity contribution in [3.05, 3.63) is 53.6 Å². The fourth-order valence-electron chi connectivity index (χ4n) is 3.30. The molecule has 7 nitrogen and oxygen atoms in total. The van der Waals surface area contributed by atoms with E-state index >= 15 is 0 Å². The maximum atomic E-state index is 11.5. The van der Waals surface area contributed by atoms with Gasteiger partial charge < -0.3 is 25.2 Å². The van der Waals surface area contributed by atoms with Crippen molar-refractivity contribution in [2.45, 2.75) is 44.1 Å². The van der Waals surface area contributed by atoms with Crippen molar-refractivity contribution < 1.29 is 20.1 Å². The van der Waals surface area contributed by atoms with Crippen molar-refractivity contribution >= 4 is 5.91 Å². The van der Waals surface area contributed by atoms with Gasteiger partial charge in [0.15, 0.2) is 0 Å². The van der Waals surface area contributed by atoms with Gasteiger partial charge in [0.2, 0.25) is 5.91 Å². The molecule has 134 valence electrons. The number of amides is 1. The van der Waals surface area contributed by atoms with E-state index in [0.29, 0.717) is 12.2 Å². The molecule has 3 rings (SSSR count). The number of aliphatic hydroxyl groups is 3. The van der Waals surface area contributed by atoms with Crippen LogP contribution in [0.3, 0.4) is 0 Å². The van der Waals surface area contributed by atoms with Crippen molar-refractivity contribution in [1.82, 2.24) is 14.9 Å². The number of aliphatic hydroxyl groups excluding tert-OH is 3. The second-order valence-electron chi connectivity index (χ2n) is 6.39. The van der Waals surface area contributed by atoms with Gasteiger partial charge in [-0.3, -0.25) is 4.79 Å². The molecule has 1 aromatic heterocycles. The molecule has 1 aliphatic rings. The minimum Gasteiger partial charge on any atom is -0.394 e. The predicted molar refractivity (Wildman–Crippen MR) is 90.8 cm³/mol. The molecule has 2 heterocycles. The van der Waals surface area contributed by atoms with E-state index < -0.39 is 24.3 Å². The average molecular weight is 345 g/mol. The Labute approximate surface area is 146 Å². The van der Waals surface area contributed by atoms with Crippen LogP contribution in [0, 0.1) is 0 Å². The van der Waals surface area contributed by atoms with Crippen LogP contribution in [0.25, 0.3) is 0 Å². The SMILES string of the molecule is CC(=O)N[C@@H]1c2nc(CCc3ccccc3)cn2C(CO)[C@@H](O)C1O. The molecule has 2 unspecified atom stereocenters. The molecule has 4 atom stereocenters. The van der Waals surface area contributed by atoms with E-state index in [2.05, 4.69) is 10.3 Å². The Balaban J connectivity index is 1.87. The van der Waals surface area contributed by atoms with Crippen LogP contribution >= 0.6 is 0 Å². The van der Waals surface area contributed by atoms with E-state index in [-0.39, 0.29) is 12.5 Å². The van der Waals surface area contributed by atoms with E-state index in [1.165, 1.54) is 12.5 Å². The van der Waals surface area contributed by atoms with Gasteiger partial charge in [-0.2, -0.15) is 0 Å². The Morgan fingerprint density at radius 3 is 2.56 bits per heavy atom. The number of nitrogens with one attached hydrogen (secondary N) is 1.